The third-order valence-electron chi connectivity index (χ3n) is 2.40. The third kappa shape index (κ3) is 4.76. The fourth-order valence-corrected chi connectivity index (χ4v) is 3.35. The van der Waals surface area contributed by atoms with Crippen molar-refractivity contribution in [2.75, 3.05) is 21.3 Å². The van der Waals surface area contributed by atoms with Gasteiger partial charge in [-0.15, -0.1) is 0 Å². The van der Waals surface area contributed by atoms with Crippen molar-refractivity contribution in [2.45, 2.75) is 38.7 Å². The van der Waals surface area contributed by atoms with Crippen molar-refractivity contribution in [2.24, 2.45) is 0 Å². The number of unbranched alkanes of at least 4 members (excludes halogenated alkanes) is 3. The summed E-state index contributed by atoms with van der Waals surface area (Å²) in [6.07, 6.45) is 5.05. The Morgan fingerprint density at radius 3 is 2.08 bits per heavy atom. The van der Waals surface area contributed by atoms with E-state index in [2.05, 4.69) is 11.9 Å². The van der Waals surface area contributed by atoms with Gasteiger partial charge < -0.3 is 8.85 Å². The number of hydrogen-bond donors (Lipinski definition) is 1. The second-order valence-electron chi connectivity index (χ2n) is 3.22. The Hall–Kier alpha value is 0.0969. The molecule has 4 heteroatoms. The predicted octanol–water partition coefficient (Wildman–Crippen LogP) is 2.02. The molecule has 0 aliphatic heterocycles. The first-order chi connectivity index (χ1) is 6.24. The summed E-state index contributed by atoms with van der Waals surface area (Å²) in [7, 11) is 3.35. The molecular formula is C9H23NO2Si. The van der Waals surface area contributed by atoms with Crippen molar-refractivity contribution in [1.82, 2.24) is 4.98 Å². The second kappa shape index (κ2) is 7.50. The molecule has 0 aliphatic rings. The fourth-order valence-electron chi connectivity index (χ4n) is 1.40. The Morgan fingerprint density at radius 2 is 1.69 bits per heavy atom. The van der Waals surface area contributed by atoms with Crippen LogP contribution in [0.25, 0.3) is 0 Å². The minimum atomic E-state index is -2.02. The van der Waals surface area contributed by atoms with Crippen LogP contribution >= 0.6 is 0 Å². The first-order valence-corrected chi connectivity index (χ1v) is 7.06. The van der Waals surface area contributed by atoms with E-state index in [0.717, 1.165) is 6.04 Å². The van der Waals surface area contributed by atoms with E-state index in [4.69, 9.17) is 8.85 Å². The molecule has 0 amide bonds. The molecule has 80 valence electrons. The average Bonchev–Trinajstić information content (AvgIpc) is 2.20. The van der Waals surface area contributed by atoms with Gasteiger partial charge >= 0.3 is 8.72 Å². The standard InChI is InChI=1S/C9H23NO2Si/c1-5-6-7-8-9-13(10-2,11-3)12-4/h10H,5-9H2,1-4H3. The van der Waals surface area contributed by atoms with Gasteiger partial charge in [-0.25, -0.2) is 0 Å². The summed E-state index contributed by atoms with van der Waals surface area (Å²) in [5, 5.41) is 0. The Morgan fingerprint density at radius 1 is 1.08 bits per heavy atom. The van der Waals surface area contributed by atoms with Crippen molar-refractivity contribution < 1.29 is 8.85 Å². The predicted molar refractivity (Wildman–Crippen MR) is 57.8 cm³/mol. The Balaban J connectivity index is 3.68. The maximum absolute atomic E-state index is 5.42. The lowest BCUT2D eigenvalue weighted by Crippen LogP contribution is -2.52. The van der Waals surface area contributed by atoms with Gasteiger partial charge in [0.2, 0.25) is 0 Å². The topological polar surface area (TPSA) is 30.5 Å². The highest BCUT2D eigenvalue weighted by Gasteiger charge is 2.33. The molecule has 0 radical (unpaired) electrons. The van der Waals surface area contributed by atoms with Gasteiger partial charge in [-0.3, -0.25) is 4.98 Å². The van der Waals surface area contributed by atoms with Crippen molar-refractivity contribution in [3.8, 4) is 0 Å². The lowest BCUT2D eigenvalue weighted by Gasteiger charge is -2.25. The zero-order valence-electron chi connectivity index (χ0n) is 9.35. The van der Waals surface area contributed by atoms with E-state index in [9.17, 15) is 0 Å². The molecule has 0 aromatic rings. The van der Waals surface area contributed by atoms with Crippen LogP contribution in [-0.4, -0.2) is 30.0 Å². The van der Waals surface area contributed by atoms with E-state index >= 15 is 0 Å². The van der Waals surface area contributed by atoms with Crippen LogP contribution in [0.1, 0.15) is 32.6 Å². The molecule has 0 heterocycles. The Kier molecular flexibility index (Phi) is 7.55. The Bertz CT molecular complexity index is 110. The normalized spacial score (nSPS) is 12.0. The summed E-state index contributed by atoms with van der Waals surface area (Å²) < 4.78 is 10.8. The highest BCUT2D eigenvalue weighted by molar-refractivity contribution is 6.64. The van der Waals surface area contributed by atoms with E-state index in [1.54, 1.807) is 14.2 Å². The van der Waals surface area contributed by atoms with Crippen molar-refractivity contribution >= 4 is 8.72 Å². The highest BCUT2D eigenvalue weighted by atomic mass is 28.4. The monoisotopic (exact) mass is 205 g/mol. The molecule has 1 N–H and O–H groups in total. The maximum atomic E-state index is 5.42. The second-order valence-corrected chi connectivity index (χ2v) is 6.54. The van der Waals surface area contributed by atoms with E-state index in [1.165, 1.54) is 25.7 Å². The minimum absolute atomic E-state index is 1.04. The third-order valence-corrected chi connectivity index (χ3v) is 5.49. The molecule has 0 atom stereocenters. The number of nitrogens with one attached hydrogen (secondary N) is 1. The summed E-state index contributed by atoms with van der Waals surface area (Å²) in [6, 6.07) is 1.04. The quantitative estimate of drug-likeness (QED) is 0.486. The van der Waals surface area contributed by atoms with E-state index in [-0.39, 0.29) is 0 Å². The van der Waals surface area contributed by atoms with Gasteiger partial charge in [-0.2, -0.15) is 0 Å². The van der Waals surface area contributed by atoms with Crippen LogP contribution in [0.15, 0.2) is 0 Å². The number of hydrogen-bond acceptors (Lipinski definition) is 3. The zero-order chi connectivity index (χ0) is 10.2. The molecule has 0 fully saturated rings. The van der Waals surface area contributed by atoms with Crippen LogP contribution in [-0.2, 0) is 8.85 Å². The van der Waals surface area contributed by atoms with E-state index < -0.39 is 8.72 Å². The molecule has 0 unspecified atom stereocenters. The molecule has 0 rings (SSSR count). The van der Waals surface area contributed by atoms with Gasteiger partial charge in [-0.1, -0.05) is 26.2 Å². The molecule has 0 bridgehead atoms. The van der Waals surface area contributed by atoms with Crippen LogP contribution < -0.4 is 4.98 Å². The van der Waals surface area contributed by atoms with Gasteiger partial charge in [0.25, 0.3) is 0 Å². The Labute approximate surface area is 83.1 Å². The molecule has 3 nitrogen and oxygen atoms in total. The maximum Gasteiger partial charge on any atom is 0.424 e. The summed E-state index contributed by atoms with van der Waals surface area (Å²) >= 11 is 0. The van der Waals surface area contributed by atoms with Crippen LogP contribution in [0.2, 0.25) is 6.04 Å². The average molecular weight is 205 g/mol. The van der Waals surface area contributed by atoms with Crippen molar-refractivity contribution in [3.63, 3.8) is 0 Å². The highest BCUT2D eigenvalue weighted by Crippen LogP contribution is 2.13. The first-order valence-electron chi connectivity index (χ1n) is 5.04. The van der Waals surface area contributed by atoms with Gasteiger partial charge in [0.05, 0.1) is 0 Å². The molecule has 0 aromatic heterocycles. The summed E-state index contributed by atoms with van der Waals surface area (Å²) in [6.45, 7) is 2.22. The largest absolute Gasteiger partial charge is 0.424 e. The van der Waals surface area contributed by atoms with Crippen molar-refractivity contribution in [3.05, 3.63) is 0 Å². The van der Waals surface area contributed by atoms with E-state index in [1.807, 2.05) is 7.05 Å². The summed E-state index contributed by atoms with van der Waals surface area (Å²) in [4.78, 5) is 3.19. The van der Waals surface area contributed by atoms with Gasteiger partial charge in [0, 0.05) is 20.3 Å². The fraction of sp³-hybridized carbons (Fsp3) is 1.00. The van der Waals surface area contributed by atoms with Crippen LogP contribution in [0.5, 0.6) is 0 Å². The van der Waals surface area contributed by atoms with E-state index in [0.29, 0.717) is 0 Å². The molecule has 0 spiro atoms. The SMILES string of the molecule is CCCCCC[Si](NC)(OC)OC. The molecule has 0 saturated carbocycles. The van der Waals surface area contributed by atoms with Crippen LogP contribution in [0.4, 0.5) is 0 Å². The van der Waals surface area contributed by atoms with Crippen LogP contribution in [0.3, 0.4) is 0 Å². The van der Waals surface area contributed by atoms with Gasteiger partial charge in [0.1, 0.15) is 0 Å². The van der Waals surface area contributed by atoms with Gasteiger partial charge in [-0.05, 0) is 13.5 Å². The van der Waals surface area contributed by atoms with Gasteiger partial charge in [0.15, 0.2) is 0 Å². The molecule has 13 heavy (non-hydrogen) atoms. The van der Waals surface area contributed by atoms with Crippen molar-refractivity contribution in [1.29, 1.82) is 0 Å². The summed E-state index contributed by atoms with van der Waals surface area (Å²) in [5.74, 6) is 0. The number of rotatable bonds is 8. The smallest absolute Gasteiger partial charge is 0.386 e. The van der Waals surface area contributed by atoms with Crippen LogP contribution in [0, 0.1) is 0 Å². The molecular weight excluding hydrogens is 182 g/mol. The lowest BCUT2D eigenvalue weighted by molar-refractivity contribution is 0.230. The molecule has 0 aliphatic carbocycles. The minimum Gasteiger partial charge on any atom is -0.386 e. The lowest BCUT2D eigenvalue weighted by atomic mass is 10.2. The molecule has 0 aromatic carbocycles. The first kappa shape index (κ1) is 13.1. The summed E-state index contributed by atoms with van der Waals surface area (Å²) in [5.41, 5.74) is 0. The zero-order valence-corrected chi connectivity index (χ0v) is 10.4. The molecule has 0 saturated heterocycles.